The second kappa shape index (κ2) is 6.29. The zero-order valence-electron chi connectivity index (χ0n) is 12.3. The molecule has 0 unspecified atom stereocenters. The van der Waals surface area contributed by atoms with Gasteiger partial charge in [-0.2, -0.15) is 5.10 Å². The van der Waals surface area contributed by atoms with E-state index in [4.69, 9.17) is 21.1 Å². The Morgan fingerprint density at radius 1 is 1.18 bits per heavy atom. The Morgan fingerprint density at radius 3 is 2.82 bits per heavy atom. The van der Waals surface area contributed by atoms with Gasteiger partial charge in [-0.15, -0.1) is 0 Å². The van der Waals surface area contributed by atoms with E-state index in [0.717, 1.165) is 22.2 Å². The zero-order valence-corrected chi connectivity index (χ0v) is 13.0. The number of fused-ring (bicyclic) bond motifs is 1. The van der Waals surface area contributed by atoms with E-state index in [0.29, 0.717) is 24.1 Å². The molecule has 0 amide bonds. The maximum Gasteiger partial charge on any atom is 0.216 e. The Hall–Kier alpha value is -2.18. The highest BCUT2D eigenvalue weighted by atomic mass is 35.5. The van der Waals surface area contributed by atoms with E-state index in [1.54, 1.807) is 26.5 Å². The number of halogens is 1. The highest BCUT2D eigenvalue weighted by Gasteiger charge is 2.13. The molecule has 0 atom stereocenters. The topological polar surface area (TPSA) is 62.1 Å². The molecule has 3 rings (SSSR count). The van der Waals surface area contributed by atoms with Gasteiger partial charge in [-0.25, -0.2) is 9.97 Å². The number of benzene rings is 1. The van der Waals surface area contributed by atoms with Crippen LogP contribution in [0.5, 0.6) is 5.88 Å². The lowest BCUT2D eigenvalue weighted by Gasteiger charge is -2.09. The normalized spacial score (nSPS) is 11.0. The average molecular weight is 319 g/mol. The van der Waals surface area contributed by atoms with Crippen molar-refractivity contribution in [3.63, 3.8) is 0 Å². The van der Waals surface area contributed by atoms with E-state index < -0.39 is 0 Å². The summed E-state index contributed by atoms with van der Waals surface area (Å²) in [6.45, 7) is 1.22. The summed E-state index contributed by atoms with van der Waals surface area (Å²) < 4.78 is 12.2. The zero-order chi connectivity index (χ0) is 15.5. The van der Waals surface area contributed by atoms with E-state index in [1.165, 1.54) is 6.33 Å². The molecule has 3 aromatic rings. The number of methoxy groups -OCH3 is 2. The van der Waals surface area contributed by atoms with Crippen molar-refractivity contribution in [2.24, 2.45) is 0 Å². The van der Waals surface area contributed by atoms with Crippen molar-refractivity contribution in [2.45, 2.75) is 6.54 Å². The number of hydrogen-bond donors (Lipinski definition) is 0. The number of nitrogens with zero attached hydrogens (tertiary/aromatic N) is 4. The SMILES string of the molecule is COCCn1ncc2cc(Cl)cc(-c3cc(OC)ncn3)c21. The number of rotatable bonds is 5. The number of hydrogen-bond acceptors (Lipinski definition) is 5. The summed E-state index contributed by atoms with van der Waals surface area (Å²) in [4.78, 5) is 8.36. The van der Waals surface area contributed by atoms with Crippen LogP contribution in [0.2, 0.25) is 5.02 Å². The van der Waals surface area contributed by atoms with Gasteiger partial charge < -0.3 is 9.47 Å². The molecule has 0 fully saturated rings. The maximum absolute atomic E-state index is 6.22. The molecule has 7 heteroatoms. The van der Waals surface area contributed by atoms with E-state index in [2.05, 4.69) is 15.1 Å². The molecule has 0 N–H and O–H groups in total. The van der Waals surface area contributed by atoms with Gasteiger partial charge in [-0.3, -0.25) is 4.68 Å². The third-order valence-electron chi connectivity index (χ3n) is 3.33. The molecule has 2 heterocycles. The highest BCUT2D eigenvalue weighted by molar-refractivity contribution is 6.31. The fourth-order valence-corrected chi connectivity index (χ4v) is 2.56. The fourth-order valence-electron chi connectivity index (χ4n) is 2.34. The summed E-state index contributed by atoms with van der Waals surface area (Å²) in [5, 5.41) is 5.99. The third kappa shape index (κ3) is 2.75. The Kier molecular flexibility index (Phi) is 4.22. The molecule has 0 radical (unpaired) electrons. The standard InChI is InChI=1S/C15H15ClN4O2/c1-21-4-3-20-15-10(8-19-20)5-11(16)6-12(15)13-7-14(22-2)18-9-17-13/h5-9H,3-4H2,1-2H3. The van der Waals surface area contributed by atoms with Gasteiger partial charge in [0.15, 0.2) is 0 Å². The van der Waals surface area contributed by atoms with Crippen molar-refractivity contribution in [3.05, 3.63) is 35.7 Å². The second-order valence-corrected chi connectivity index (χ2v) is 5.13. The van der Waals surface area contributed by atoms with Crippen molar-refractivity contribution >= 4 is 22.5 Å². The molecule has 0 aliphatic heterocycles. The van der Waals surface area contributed by atoms with E-state index in [-0.39, 0.29) is 0 Å². The van der Waals surface area contributed by atoms with Gasteiger partial charge in [-0.05, 0) is 12.1 Å². The summed E-state index contributed by atoms with van der Waals surface area (Å²) in [6, 6.07) is 5.53. The van der Waals surface area contributed by atoms with E-state index in [1.807, 2.05) is 16.8 Å². The first kappa shape index (κ1) is 14.7. The lowest BCUT2D eigenvalue weighted by Crippen LogP contribution is -2.06. The minimum absolute atomic E-state index is 0.501. The van der Waals surface area contributed by atoms with Crippen LogP contribution in [0.15, 0.2) is 30.7 Å². The molecule has 0 spiro atoms. The first-order chi connectivity index (χ1) is 10.7. The smallest absolute Gasteiger partial charge is 0.216 e. The molecule has 0 aliphatic carbocycles. The van der Waals surface area contributed by atoms with Gasteiger partial charge in [-0.1, -0.05) is 11.6 Å². The van der Waals surface area contributed by atoms with Crippen molar-refractivity contribution in [2.75, 3.05) is 20.8 Å². The Bertz CT molecular complexity index is 803. The molecule has 6 nitrogen and oxygen atoms in total. The van der Waals surface area contributed by atoms with Crippen LogP contribution in [0.1, 0.15) is 0 Å². The van der Waals surface area contributed by atoms with Crippen molar-refractivity contribution in [3.8, 4) is 17.1 Å². The number of aromatic nitrogens is 4. The molecule has 0 saturated heterocycles. The van der Waals surface area contributed by atoms with Crippen LogP contribution in [0.3, 0.4) is 0 Å². The van der Waals surface area contributed by atoms with Crippen molar-refractivity contribution < 1.29 is 9.47 Å². The van der Waals surface area contributed by atoms with Crippen LogP contribution in [-0.4, -0.2) is 40.6 Å². The van der Waals surface area contributed by atoms with Gasteiger partial charge in [0.05, 0.1) is 37.7 Å². The first-order valence-electron chi connectivity index (χ1n) is 6.73. The third-order valence-corrected chi connectivity index (χ3v) is 3.55. The fraction of sp³-hybridized carbons (Fsp3) is 0.267. The molecule has 0 aliphatic rings. The van der Waals surface area contributed by atoms with Gasteiger partial charge >= 0.3 is 0 Å². The Balaban J connectivity index is 2.19. The van der Waals surface area contributed by atoms with Crippen molar-refractivity contribution in [1.29, 1.82) is 0 Å². The lowest BCUT2D eigenvalue weighted by atomic mass is 10.1. The molecule has 0 saturated carbocycles. The maximum atomic E-state index is 6.22. The summed E-state index contributed by atoms with van der Waals surface area (Å²) >= 11 is 6.22. The molecule has 22 heavy (non-hydrogen) atoms. The predicted octanol–water partition coefficient (Wildman–Crippen LogP) is 2.80. The summed E-state index contributed by atoms with van der Waals surface area (Å²) in [5.41, 5.74) is 2.58. The minimum Gasteiger partial charge on any atom is -0.481 e. The average Bonchev–Trinajstić information content (AvgIpc) is 2.95. The van der Waals surface area contributed by atoms with Crippen LogP contribution < -0.4 is 4.74 Å². The molecule has 1 aromatic carbocycles. The first-order valence-corrected chi connectivity index (χ1v) is 7.11. The van der Waals surface area contributed by atoms with Gasteiger partial charge in [0.1, 0.15) is 6.33 Å². The Morgan fingerprint density at radius 2 is 2.05 bits per heavy atom. The van der Waals surface area contributed by atoms with Crippen LogP contribution >= 0.6 is 11.6 Å². The summed E-state index contributed by atoms with van der Waals surface area (Å²) in [7, 11) is 3.24. The van der Waals surface area contributed by atoms with Crippen LogP contribution in [-0.2, 0) is 11.3 Å². The molecule has 114 valence electrons. The summed E-state index contributed by atoms with van der Waals surface area (Å²) in [5.74, 6) is 0.501. The van der Waals surface area contributed by atoms with Gasteiger partial charge in [0, 0.05) is 29.1 Å². The number of ether oxygens (including phenoxy) is 2. The monoisotopic (exact) mass is 318 g/mol. The highest BCUT2D eigenvalue weighted by Crippen LogP contribution is 2.31. The predicted molar refractivity (Wildman–Crippen MR) is 84.2 cm³/mol. The summed E-state index contributed by atoms with van der Waals surface area (Å²) in [6.07, 6.45) is 3.26. The van der Waals surface area contributed by atoms with Gasteiger partial charge in [0.25, 0.3) is 0 Å². The van der Waals surface area contributed by atoms with Gasteiger partial charge in [0.2, 0.25) is 5.88 Å². The van der Waals surface area contributed by atoms with Crippen LogP contribution in [0.4, 0.5) is 0 Å². The second-order valence-electron chi connectivity index (χ2n) is 4.70. The van der Waals surface area contributed by atoms with Crippen LogP contribution in [0, 0.1) is 0 Å². The Labute approximate surface area is 132 Å². The van der Waals surface area contributed by atoms with E-state index >= 15 is 0 Å². The molecule has 0 bridgehead atoms. The lowest BCUT2D eigenvalue weighted by molar-refractivity contribution is 0.185. The molecule has 2 aromatic heterocycles. The van der Waals surface area contributed by atoms with Crippen LogP contribution in [0.25, 0.3) is 22.2 Å². The molecular weight excluding hydrogens is 304 g/mol. The minimum atomic E-state index is 0.501. The van der Waals surface area contributed by atoms with Crippen molar-refractivity contribution in [1.82, 2.24) is 19.7 Å². The van der Waals surface area contributed by atoms with E-state index in [9.17, 15) is 0 Å². The molecular formula is C15H15ClN4O2. The largest absolute Gasteiger partial charge is 0.481 e. The quantitative estimate of drug-likeness (QED) is 0.724.